The zero-order valence-corrected chi connectivity index (χ0v) is 9.63. The monoisotopic (exact) mass is 254 g/mol. The van der Waals surface area contributed by atoms with E-state index < -0.39 is 25.3 Å². The lowest BCUT2D eigenvalue weighted by atomic mass is 10.6. The van der Waals surface area contributed by atoms with E-state index in [0.29, 0.717) is 3.97 Å². The molecule has 0 amide bonds. The van der Waals surface area contributed by atoms with E-state index in [4.69, 9.17) is 10.3 Å². The van der Waals surface area contributed by atoms with Crippen LogP contribution in [0, 0.1) is 13.8 Å². The second-order valence-corrected chi connectivity index (χ2v) is 5.78. The van der Waals surface area contributed by atoms with Gasteiger partial charge >= 0.3 is 10.2 Å². The molecule has 1 rings (SSSR count). The van der Waals surface area contributed by atoms with Gasteiger partial charge < -0.3 is 0 Å². The standard InChI is InChI=1S/C5H10N4O4S2/c1-3-5(14(6,10)11)8-4(2)9(3)15(7,12)13/h1-2H3,(H2,6,10,11)(H2,7,12,13). The molecule has 0 aromatic carbocycles. The summed E-state index contributed by atoms with van der Waals surface area (Å²) in [4.78, 5) is 3.54. The summed E-state index contributed by atoms with van der Waals surface area (Å²) < 4.78 is 44.8. The molecule has 1 aromatic rings. The summed E-state index contributed by atoms with van der Waals surface area (Å²) in [7, 11) is -8.12. The third-order valence-electron chi connectivity index (χ3n) is 1.70. The lowest BCUT2D eigenvalue weighted by Crippen LogP contribution is -2.24. The summed E-state index contributed by atoms with van der Waals surface area (Å²) in [6.07, 6.45) is 0. The minimum absolute atomic E-state index is 0.0565. The zero-order chi connectivity index (χ0) is 12.0. The number of sulfonamides is 1. The predicted octanol–water partition coefficient (Wildman–Crippen LogP) is -1.80. The van der Waals surface area contributed by atoms with Crippen LogP contribution in [0.15, 0.2) is 5.03 Å². The molecule has 0 aliphatic heterocycles. The molecule has 10 heteroatoms. The second-order valence-electron chi connectivity index (χ2n) is 2.90. The maximum atomic E-state index is 11.1. The molecule has 8 nitrogen and oxygen atoms in total. The van der Waals surface area contributed by atoms with Gasteiger partial charge in [-0.1, -0.05) is 0 Å². The van der Waals surface area contributed by atoms with Gasteiger partial charge in [0.15, 0.2) is 5.03 Å². The van der Waals surface area contributed by atoms with Gasteiger partial charge in [-0.3, -0.25) is 0 Å². The molecule has 15 heavy (non-hydrogen) atoms. The number of primary sulfonamides is 1. The van der Waals surface area contributed by atoms with E-state index in [-0.39, 0.29) is 11.5 Å². The van der Waals surface area contributed by atoms with Gasteiger partial charge in [0.05, 0.1) is 5.69 Å². The van der Waals surface area contributed by atoms with Crippen LogP contribution in [0.25, 0.3) is 0 Å². The molecule has 0 atom stereocenters. The lowest BCUT2D eigenvalue weighted by Gasteiger charge is -2.03. The third kappa shape index (κ3) is 2.17. The Morgan fingerprint density at radius 2 is 1.60 bits per heavy atom. The zero-order valence-electron chi connectivity index (χ0n) is 8.00. The molecule has 0 unspecified atom stereocenters. The lowest BCUT2D eigenvalue weighted by molar-refractivity contribution is 0.586. The Labute approximate surface area is 87.1 Å². The van der Waals surface area contributed by atoms with Gasteiger partial charge in [-0.15, -0.1) is 0 Å². The number of nitrogens with zero attached hydrogens (tertiary/aromatic N) is 2. The number of imidazole rings is 1. The van der Waals surface area contributed by atoms with E-state index in [2.05, 4.69) is 4.98 Å². The maximum Gasteiger partial charge on any atom is 0.304 e. The van der Waals surface area contributed by atoms with E-state index in [0.717, 1.165) is 0 Å². The summed E-state index contributed by atoms with van der Waals surface area (Å²) >= 11 is 0. The molecule has 0 radical (unpaired) electrons. The van der Waals surface area contributed by atoms with Gasteiger partial charge in [-0.2, -0.15) is 8.42 Å². The van der Waals surface area contributed by atoms with E-state index in [1.54, 1.807) is 0 Å². The second kappa shape index (κ2) is 3.27. The molecule has 86 valence electrons. The summed E-state index contributed by atoms with van der Waals surface area (Å²) in [5.41, 5.74) is -0.127. The maximum absolute atomic E-state index is 11.1. The summed E-state index contributed by atoms with van der Waals surface area (Å²) in [5.74, 6) is -0.0565. The van der Waals surface area contributed by atoms with Gasteiger partial charge in [0, 0.05) is 0 Å². The molecule has 4 N–H and O–H groups in total. The Morgan fingerprint density at radius 1 is 1.13 bits per heavy atom. The van der Waals surface area contributed by atoms with Gasteiger partial charge in [0.2, 0.25) is 0 Å². The van der Waals surface area contributed by atoms with Crippen LogP contribution in [0.2, 0.25) is 0 Å². The minimum Gasteiger partial charge on any atom is -0.223 e. The van der Waals surface area contributed by atoms with Crippen LogP contribution in [0.3, 0.4) is 0 Å². The van der Waals surface area contributed by atoms with E-state index in [1.165, 1.54) is 13.8 Å². The largest absolute Gasteiger partial charge is 0.304 e. The van der Waals surface area contributed by atoms with Crippen molar-refractivity contribution in [3.63, 3.8) is 0 Å². The summed E-state index contributed by atoms with van der Waals surface area (Å²) in [5, 5.41) is 9.23. The van der Waals surface area contributed by atoms with Gasteiger partial charge in [0.1, 0.15) is 5.82 Å². The van der Waals surface area contributed by atoms with Crippen LogP contribution in [0.4, 0.5) is 0 Å². The Bertz CT molecular complexity index is 597. The molecule has 0 aliphatic rings. The first-order chi connectivity index (χ1) is 6.55. The van der Waals surface area contributed by atoms with Crippen LogP contribution in [0.1, 0.15) is 11.5 Å². The Hall–Kier alpha value is -0.970. The average Bonchev–Trinajstić information content (AvgIpc) is 2.22. The van der Waals surface area contributed by atoms with Crippen LogP contribution < -0.4 is 10.3 Å². The number of aryl methyl sites for hydroxylation is 1. The molecule has 0 saturated heterocycles. The van der Waals surface area contributed by atoms with Crippen molar-refractivity contribution in [1.29, 1.82) is 0 Å². The Kier molecular flexibility index (Phi) is 2.63. The van der Waals surface area contributed by atoms with Crippen molar-refractivity contribution in [3.05, 3.63) is 11.5 Å². The quantitative estimate of drug-likeness (QED) is 0.641. The molecular formula is C5H10N4O4S2. The molecule has 1 heterocycles. The normalized spacial score (nSPS) is 13.1. The highest BCUT2D eigenvalue weighted by atomic mass is 32.2. The smallest absolute Gasteiger partial charge is 0.223 e. The number of hydrogen-bond donors (Lipinski definition) is 2. The van der Waals surface area contributed by atoms with E-state index in [9.17, 15) is 16.8 Å². The number of nitrogens with two attached hydrogens (primary N) is 2. The van der Waals surface area contributed by atoms with Crippen LogP contribution in [0.5, 0.6) is 0 Å². The average molecular weight is 254 g/mol. The van der Waals surface area contributed by atoms with Gasteiger partial charge in [-0.05, 0) is 13.8 Å². The highest BCUT2D eigenvalue weighted by molar-refractivity contribution is 7.89. The molecule has 0 fully saturated rings. The van der Waals surface area contributed by atoms with Crippen molar-refractivity contribution in [1.82, 2.24) is 8.96 Å². The van der Waals surface area contributed by atoms with E-state index in [1.807, 2.05) is 0 Å². The van der Waals surface area contributed by atoms with Crippen molar-refractivity contribution >= 4 is 20.2 Å². The Balaban J connectivity index is 3.70. The van der Waals surface area contributed by atoms with Crippen LogP contribution in [-0.4, -0.2) is 25.8 Å². The first-order valence-electron chi connectivity index (χ1n) is 3.67. The SMILES string of the molecule is Cc1nc(S(N)(=O)=O)c(C)n1S(N)(=O)=O. The third-order valence-corrected chi connectivity index (χ3v) is 3.67. The molecular weight excluding hydrogens is 244 g/mol. The van der Waals surface area contributed by atoms with Crippen LogP contribution in [-0.2, 0) is 20.2 Å². The Morgan fingerprint density at radius 3 is 1.80 bits per heavy atom. The van der Waals surface area contributed by atoms with E-state index >= 15 is 0 Å². The fourth-order valence-corrected chi connectivity index (χ4v) is 2.94. The molecule has 0 saturated carbocycles. The number of rotatable bonds is 2. The first-order valence-corrected chi connectivity index (χ1v) is 6.72. The summed E-state index contributed by atoms with van der Waals surface area (Å²) in [6.45, 7) is 2.57. The van der Waals surface area contributed by atoms with Gasteiger partial charge in [0.25, 0.3) is 10.0 Å². The van der Waals surface area contributed by atoms with Gasteiger partial charge in [-0.25, -0.2) is 27.7 Å². The predicted molar refractivity (Wildman–Crippen MR) is 51.6 cm³/mol. The molecule has 1 aromatic heterocycles. The first kappa shape index (κ1) is 12.1. The van der Waals surface area contributed by atoms with Crippen molar-refractivity contribution in [2.24, 2.45) is 10.3 Å². The highest BCUT2D eigenvalue weighted by Crippen LogP contribution is 2.15. The van der Waals surface area contributed by atoms with Crippen molar-refractivity contribution in [3.8, 4) is 0 Å². The van der Waals surface area contributed by atoms with Crippen molar-refractivity contribution in [2.75, 3.05) is 0 Å². The van der Waals surface area contributed by atoms with Crippen LogP contribution >= 0.6 is 0 Å². The molecule has 0 aliphatic carbocycles. The number of hydrogen-bond acceptors (Lipinski definition) is 5. The number of aromatic nitrogens is 2. The fraction of sp³-hybridized carbons (Fsp3) is 0.400. The molecule has 0 bridgehead atoms. The minimum atomic E-state index is -4.07. The van der Waals surface area contributed by atoms with Crippen molar-refractivity contribution < 1.29 is 16.8 Å². The highest BCUT2D eigenvalue weighted by Gasteiger charge is 2.24. The topological polar surface area (TPSA) is 138 Å². The molecule has 0 spiro atoms. The van der Waals surface area contributed by atoms with Crippen molar-refractivity contribution in [2.45, 2.75) is 18.9 Å². The fourth-order valence-electron chi connectivity index (χ4n) is 1.25. The summed E-state index contributed by atoms with van der Waals surface area (Å²) in [6, 6.07) is 0.